The number of rotatable bonds is 13. The molecule has 0 N–H and O–H groups in total. The van der Waals surface area contributed by atoms with E-state index in [0.717, 1.165) is 0 Å². The van der Waals surface area contributed by atoms with Crippen LogP contribution in [0.2, 0.25) is 0 Å². The molecule has 0 atom stereocenters. The second kappa shape index (κ2) is 12.7. The second-order valence-corrected chi connectivity index (χ2v) is 6.77. The van der Waals surface area contributed by atoms with Gasteiger partial charge in [0, 0.05) is 17.5 Å². The molecule has 0 aromatic carbocycles. The lowest BCUT2D eigenvalue weighted by Crippen LogP contribution is -2.34. The van der Waals surface area contributed by atoms with E-state index in [4.69, 9.17) is 0 Å². The van der Waals surface area contributed by atoms with Crippen molar-refractivity contribution in [3.63, 3.8) is 0 Å². The predicted molar refractivity (Wildman–Crippen MR) is 97.2 cm³/mol. The molecule has 1 heterocycles. The normalized spacial score (nSPS) is 11.0. The van der Waals surface area contributed by atoms with Crippen LogP contribution < -0.4 is 4.57 Å². The summed E-state index contributed by atoms with van der Waals surface area (Å²) in [5.74, 6) is 0. The molecule has 0 saturated heterocycles. The summed E-state index contributed by atoms with van der Waals surface area (Å²) in [6, 6.07) is 2.45. The lowest BCUT2D eigenvalue weighted by molar-refractivity contribution is -0.698. The van der Waals surface area contributed by atoms with Gasteiger partial charge in [-0.15, -0.1) is 0 Å². The number of aromatic nitrogens is 1. The molecular weight excluding hydrogens is 266 g/mol. The van der Waals surface area contributed by atoms with Gasteiger partial charge in [0.1, 0.15) is 6.54 Å². The van der Waals surface area contributed by atoms with Crippen molar-refractivity contribution in [2.24, 2.45) is 0 Å². The Kier molecular flexibility index (Phi) is 11.1. The first-order valence-corrected chi connectivity index (χ1v) is 9.82. The summed E-state index contributed by atoms with van der Waals surface area (Å²) in [5.41, 5.74) is 3.09. The number of hydrogen-bond acceptors (Lipinski definition) is 0. The van der Waals surface area contributed by atoms with Crippen molar-refractivity contribution in [1.82, 2.24) is 0 Å². The molecule has 0 fully saturated rings. The van der Waals surface area contributed by atoms with Gasteiger partial charge in [0.05, 0.1) is 0 Å². The molecule has 0 saturated carbocycles. The summed E-state index contributed by atoms with van der Waals surface area (Å²) in [6.45, 7) is 8.05. The SMILES string of the molecule is CCCCCCCC[n+]1cc(CCCC)cc(CCCC)c1. The minimum absolute atomic E-state index is 1.20. The Labute approximate surface area is 139 Å². The number of pyridine rings is 1. The third kappa shape index (κ3) is 8.56. The zero-order valence-corrected chi connectivity index (χ0v) is 15.4. The fourth-order valence-corrected chi connectivity index (χ4v) is 3.01. The third-order valence-electron chi connectivity index (χ3n) is 4.44. The van der Waals surface area contributed by atoms with Gasteiger partial charge in [-0.2, -0.15) is 0 Å². The van der Waals surface area contributed by atoms with E-state index in [9.17, 15) is 0 Å². The lowest BCUT2D eigenvalue weighted by Gasteiger charge is -2.06. The van der Waals surface area contributed by atoms with Gasteiger partial charge >= 0.3 is 0 Å². The van der Waals surface area contributed by atoms with Crippen LogP contribution in [0, 0.1) is 0 Å². The van der Waals surface area contributed by atoms with E-state index in [-0.39, 0.29) is 0 Å². The highest BCUT2D eigenvalue weighted by molar-refractivity contribution is 5.15. The van der Waals surface area contributed by atoms with Crippen molar-refractivity contribution in [2.75, 3.05) is 0 Å². The molecule has 22 heavy (non-hydrogen) atoms. The van der Waals surface area contributed by atoms with Crippen LogP contribution >= 0.6 is 0 Å². The zero-order valence-electron chi connectivity index (χ0n) is 15.4. The maximum atomic E-state index is 2.47. The van der Waals surface area contributed by atoms with Crippen molar-refractivity contribution in [3.8, 4) is 0 Å². The van der Waals surface area contributed by atoms with Gasteiger partial charge in [-0.25, -0.2) is 4.57 Å². The molecular formula is C21H38N+. The Hall–Kier alpha value is -0.850. The van der Waals surface area contributed by atoms with Crippen molar-refractivity contribution < 1.29 is 4.57 Å². The summed E-state index contributed by atoms with van der Waals surface area (Å²) < 4.78 is 2.47. The molecule has 1 rings (SSSR count). The Balaban J connectivity index is 2.50. The van der Waals surface area contributed by atoms with Gasteiger partial charge in [-0.1, -0.05) is 59.3 Å². The van der Waals surface area contributed by atoms with Crippen LogP contribution in [0.15, 0.2) is 18.5 Å². The van der Waals surface area contributed by atoms with E-state index < -0.39 is 0 Å². The van der Waals surface area contributed by atoms with Gasteiger partial charge < -0.3 is 0 Å². The fraction of sp³-hybridized carbons (Fsp3) is 0.762. The Morgan fingerprint density at radius 2 is 1.14 bits per heavy atom. The lowest BCUT2D eigenvalue weighted by atomic mass is 10.0. The minimum Gasteiger partial charge on any atom is -0.205 e. The number of nitrogens with zero attached hydrogens (tertiary/aromatic N) is 1. The van der Waals surface area contributed by atoms with Gasteiger partial charge in [-0.3, -0.25) is 0 Å². The van der Waals surface area contributed by atoms with Crippen molar-refractivity contribution in [3.05, 3.63) is 29.6 Å². The average molecular weight is 305 g/mol. The maximum absolute atomic E-state index is 2.47. The molecule has 0 bridgehead atoms. The smallest absolute Gasteiger partial charge is 0.171 e. The monoisotopic (exact) mass is 304 g/mol. The first-order chi connectivity index (χ1) is 10.8. The minimum atomic E-state index is 1.20. The summed E-state index contributed by atoms with van der Waals surface area (Å²) in [6.07, 6.45) is 20.8. The number of unbranched alkanes of at least 4 members (excludes halogenated alkanes) is 7. The van der Waals surface area contributed by atoms with Crippen LogP contribution in [-0.2, 0) is 19.4 Å². The van der Waals surface area contributed by atoms with E-state index in [1.165, 1.54) is 83.6 Å². The summed E-state index contributed by atoms with van der Waals surface area (Å²) in [7, 11) is 0. The van der Waals surface area contributed by atoms with E-state index >= 15 is 0 Å². The molecule has 1 heteroatoms. The van der Waals surface area contributed by atoms with Crippen LogP contribution in [-0.4, -0.2) is 0 Å². The first kappa shape index (κ1) is 19.2. The number of aryl methyl sites for hydroxylation is 3. The highest BCUT2D eigenvalue weighted by Crippen LogP contribution is 2.10. The van der Waals surface area contributed by atoms with E-state index in [2.05, 4.69) is 43.8 Å². The molecule has 126 valence electrons. The summed E-state index contributed by atoms with van der Waals surface area (Å²) >= 11 is 0. The molecule has 1 aromatic heterocycles. The van der Waals surface area contributed by atoms with Gasteiger partial charge in [0.25, 0.3) is 0 Å². The van der Waals surface area contributed by atoms with Crippen molar-refractivity contribution in [2.45, 2.75) is 104 Å². The average Bonchev–Trinajstić information content (AvgIpc) is 2.54. The second-order valence-electron chi connectivity index (χ2n) is 6.77. The van der Waals surface area contributed by atoms with Crippen LogP contribution in [0.5, 0.6) is 0 Å². The molecule has 1 nitrogen and oxygen atoms in total. The first-order valence-electron chi connectivity index (χ1n) is 9.82. The molecule has 1 aromatic rings. The standard InChI is InChI=1S/C21H38N/c1-4-7-10-11-12-13-16-22-18-20(14-8-5-2)17-21(19-22)15-9-6-3/h17-19H,4-16H2,1-3H3/q+1. The zero-order chi connectivity index (χ0) is 16.0. The molecule has 0 radical (unpaired) electrons. The largest absolute Gasteiger partial charge is 0.205 e. The third-order valence-corrected chi connectivity index (χ3v) is 4.44. The number of hydrogen-bond donors (Lipinski definition) is 0. The van der Waals surface area contributed by atoms with Gasteiger partial charge in [0.15, 0.2) is 12.4 Å². The Bertz CT molecular complexity index is 357. The summed E-state index contributed by atoms with van der Waals surface area (Å²) in [4.78, 5) is 0. The van der Waals surface area contributed by atoms with Crippen LogP contribution in [0.1, 0.15) is 96.1 Å². The topological polar surface area (TPSA) is 3.88 Å². The van der Waals surface area contributed by atoms with Crippen LogP contribution in [0.25, 0.3) is 0 Å². The Morgan fingerprint density at radius 1 is 0.636 bits per heavy atom. The fourth-order valence-electron chi connectivity index (χ4n) is 3.01. The Morgan fingerprint density at radius 3 is 1.68 bits per heavy atom. The quantitative estimate of drug-likeness (QED) is 0.310. The van der Waals surface area contributed by atoms with E-state index in [1.54, 1.807) is 11.1 Å². The molecule has 0 aliphatic heterocycles. The van der Waals surface area contributed by atoms with Crippen molar-refractivity contribution in [1.29, 1.82) is 0 Å². The summed E-state index contributed by atoms with van der Waals surface area (Å²) in [5, 5.41) is 0. The van der Waals surface area contributed by atoms with E-state index in [0.29, 0.717) is 0 Å². The van der Waals surface area contributed by atoms with Crippen LogP contribution in [0.4, 0.5) is 0 Å². The van der Waals surface area contributed by atoms with Gasteiger partial charge in [-0.05, 0) is 38.2 Å². The highest BCUT2D eigenvalue weighted by atomic mass is 14.9. The maximum Gasteiger partial charge on any atom is 0.171 e. The predicted octanol–water partition coefficient (Wildman–Crippen LogP) is 6.02. The van der Waals surface area contributed by atoms with E-state index in [1.807, 2.05) is 0 Å². The van der Waals surface area contributed by atoms with Crippen molar-refractivity contribution >= 4 is 0 Å². The molecule has 0 spiro atoms. The molecule has 0 aliphatic rings. The molecule has 0 aliphatic carbocycles. The molecule has 0 amide bonds. The highest BCUT2D eigenvalue weighted by Gasteiger charge is 2.07. The van der Waals surface area contributed by atoms with Crippen LogP contribution in [0.3, 0.4) is 0 Å². The van der Waals surface area contributed by atoms with Gasteiger partial charge in [0.2, 0.25) is 0 Å². The molecule has 0 unspecified atom stereocenters.